The normalized spacial score (nSPS) is 28.1. The number of amides is 1. The molecule has 13 heteroatoms. The lowest BCUT2D eigenvalue weighted by molar-refractivity contribution is -0.173. The van der Waals surface area contributed by atoms with Gasteiger partial charge in [0, 0.05) is 30.0 Å². The van der Waals surface area contributed by atoms with Crippen LogP contribution in [0.3, 0.4) is 0 Å². The molecule has 7 atom stereocenters. The van der Waals surface area contributed by atoms with Gasteiger partial charge in [-0.05, 0) is 65.8 Å². The number of carbonyl (C=O) groups excluding carboxylic acids is 3. The topological polar surface area (TPSA) is 192 Å². The molecule has 43 heavy (non-hydrogen) atoms. The molecule has 13 nitrogen and oxygen atoms in total. The first kappa shape index (κ1) is 32.4. The number of ether oxygens (including phenoxy) is 3. The first-order chi connectivity index (χ1) is 20.2. The van der Waals surface area contributed by atoms with E-state index in [9.17, 15) is 34.5 Å². The van der Waals surface area contributed by atoms with Gasteiger partial charge in [0.05, 0.1) is 17.6 Å². The number of esters is 2. The average molecular weight is 605 g/mol. The summed E-state index contributed by atoms with van der Waals surface area (Å²) < 4.78 is 17.5. The minimum absolute atomic E-state index is 0.138. The second-order valence-electron chi connectivity index (χ2n) is 11.7. The van der Waals surface area contributed by atoms with Gasteiger partial charge in [0.15, 0.2) is 12.2 Å². The molecule has 0 saturated carbocycles. The molecule has 1 aromatic carbocycles. The van der Waals surface area contributed by atoms with E-state index in [0.717, 1.165) is 11.1 Å². The van der Waals surface area contributed by atoms with Crippen molar-refractivity contribution in [1.82, 2.24) is 10.2 Å². The number of benzene rings is 1. The van der Waals surface area contributed by atoms with Crippen LogP contribution in [0, 0.1) is 6.92 Å². The Labute approximate surface area is 249 Å². The molecule has 2 heterocycles. The van der Waals surface area contributed by atoms with Gasteiger partial charge in [-0.1, -0.05) is 12.1 Å². The van der Waals surface area contributed by atoms with E-state index >= 15 is 0 Å². The molecule has 236 valence electrons. The monoisotopic (exact) mass is 604 g/mol. The van der Waals surface area contributed by atoms with Crippen molar-refractivity contribution in [2.24, 2.45) is 0 Å². The third kappa shape index (κ3) is 5.62. The zero-order valence-electron chi connectivity index (χ0n) is 25.0. The van der Waals surface area contributed by atoms with Gasteiger partial charge in [0.2, 0.25) is 5.91 Å². The summed E-state index contributed by atoms with van der Waals surface area (Å²) in [7, 11) is 1.93. The number of fused-ring (bicyclic) bond motifs is 1. The molecule has 4 rings (SSSR count). The number of piperidine rings is 1. The molecule has 0 bridgehead atoms. The maximum absolute atomic E-state index is 13.2. The van der Waals surface area contributed by atoms with Crippen LogP contribution in [0.15, 0.2) is 24.0 Å². The van der Waals surface area contributed by atoms with E-state index < -0.39 is 65.6 Å². The molecule has 1 aromatic rings. The molecule has 0 radical (unpaired) electrons. The number of aryl methyl sites for hydroxylation is 1. The Kier molecular flexibility index (Phi) is 9.21. The highest BCUT2D eigenvalue weighted by molar-refractivity contribution is 5.88. The largest absolute Gasteiger partial charge is 0.481 e. The van der Waals surface area contributed by atoms with Crippen molar-refractivity contribution in [2.45, 2.75) is 101 Å². The van der Waals surface area contributed by atoms with Crippen LogP contribution in [0.25, 0.3) is 0 Å². The smallest absolute Gasteiger partial charge is 0.352 e. The molecule has 1 saturated heterocycles. The van der Waals surface area contributed by atoms with Crippen molar-refractivity contribution < 1.29 is 53.8 Å². The second kappa shape index (κ2) is 12.2. The van der Waals surface area contributed by atoms with Crippen LogP contribution in [-0.4, -0.2) is 98.7 Å². The van der Waals surface area contributed by atoms with Crippen molar-refractivity contribution in [3.8, 4) is 5.75 Å². The third-order valence-electron chi connectivity index (χ3n) is 9.07. The Hall–Kier alpha value is -3.52. The van der Waals surface area contributed by atoms with Gasteiger partial charge in [-0.15, -0.1) is 0 Å². The number of rotatable bonds is 10. The summed E-state index contributed by atoms with van der Waals surface area (Å²) >= 11 is 0. The predicted molar refractivity (Wildman–Crippen MR) is 150 cm³/mol. The number of nitrogens with zero attached hydrogens (tertiary/aromatic N) is 1. The molecule has 5 N–H and O–H groups in total. The third-order valence-corrected chi connectivity index (χ3v) is 9.07. The molecule has 2 aliphatic heterocycles. The fourth-order valence-corrected chi connectivity index (χ4v) is 6.51. The van der Waals surface area contributed by atoms with E-state index in [1.54, 1.807) is 12.1 Å². The van der Waals surface area contributed by atoms with Gasteiger partial charge in [-0.2, -0.15) is 0 Å². The summed E-state index contributed by atoms with van der Waals surface area (Å²) in [6.07, 6.45) is -2.42. The predicted octanol–water partition coefficient (Wildman–Crippen LogP) is 0.434. The van der Waals surface area contributed by atoms with Gasteiger partial charge in [-0.25, -0.2) is 9.59 Å². The fourth-order valence-electron chi connectivity index (χ4n) is 6.51. The van der Waals surface area contributed by atoms with Crippen LogP contribution in [-0.2, 0) is 40.7 Å². The Bertz CT molecular complexity index is 1330. The number of hydrogen-bond donors (Lipinski definition) is 5. The minimum Gasteiger partial charge on any atom is -0.481 e. The van der Waals surface area contributed by atoms with Gasteiger partial charge in [-0.3, -0.25) is 9.59 Å². The lowest BCUT2D eigenvalue weighted by Gasteiger charge is -2.58. The number of aliphatic hydroxyl groups is 3. The molecule has 1 aliphatic carbocycles. The van der Waals surface area contributed by atoms with E-state index in [0.29, 0.717) is 24.3 Å². The number of likely N-dealkylation sites (tertiary alicyclic amines) is 1. The van der Waals surface area contributed by atoms with E-state index in [2.05, 4.69) is 10.2 Å². The number of hydrogen-bond acceptors (Lipinski definition) is 11. The molecule has 1 spiro atoms. The SMILES string of the molecule is Cc1ccc(CO)c2c1[C@]13CCN(C)[C@H](C)[C@]1(O)CC=C(OC(=O)[C@H](C)OC(=O)[C@H](CCC(=O)O)NC(=O)[C@H](C)O)[C@@H]3O2. The highest BCUT2D eigenvalue weighted by Crippen LogP contribution is 2.61. The number of carboxylic acid groups (broad SMARTS) is 1. The van der Waals surface area contributed by atoms with Crippen molar-refractivity contribution in [3.63, 3.8) is 0 Å². The van der Waals surface area contributed by atoms with E-state index in [4.69, 9.17) is 19.3 Å². The number of nitrogens with one attached hydrogen (secondary N) is 1. The Balaban J connectivity index is 1.60. The van der Waals surface area contributed by atoms with Gasteiger partial charge >= 0.3 is 17.9 Å². The summed E-state index contributed by atoms with van der Waals surface area (Å²) in [5, 5.41) is 43.2. The highest BCUT2D eigenvalue weighted by Gasteiger charge is 2.69. The average Bonchev–Trinajstić information content (AvgIpc) is 3.32. The number of aliphatic hydroxyl groups excluding tert-OH is 2. The van der Waals surface area contributed by atoms with Crippen molar-refractivity contribution >= 4 is 23.8 Å². The number of likely N-dealkylation sites (N-methyl/N-ethyl adjacent to an activating group) is 1. The minimum atomic E-state index is -1.46. The summed E-state index contributed by atoms with van der Waals surface area (Å²) in [4.78, 5) is 51.2. The molecular weight excluding hydrogens is 564 g/mol. The van der Waals surface area contributed by atoms with Crippen molar-refractivity contribution in [3.05, 3.63) is 40.7 Å². The Morgan fingerprint density at radius 3 is 2.53 bits per heavy atom. The van der Waals surface area contributed by atoms with Crippen LogP contribution in [0.5, 0.6) is 5.75 Å². The highest BCUT2D eigenvalue weighted by atomic mass is 16.6. The summed E-state index contributed by atoms with van der Waals surface area (Å²) in [5.74, 6) is -3.55. The number of aliphatic carboxylic acids is 1. The Morgan fingerprint density at radius 1 is 1.21 bits per heavy atom. The molecule has 1 amide bonds. The van der Waals surface area contributed by atoms with Crippen LogP contribution < -0.4 is 10.1 Å². The summed E-state index contributed by atoms with van der Waals surface area (Å²) in [6.45, 7) is 6.63. The Morgan fingerprint density at radius 2 is 1.91 bits per heavy atom. The summed E-state index contributed by atoms with van der Waals surface area (Å²) in [5.41, 5.74) is -0.129. The van der Waals surface area contributed by atoms with Gasteiger partial charge in [0.25, 0.3) is 0 Å². The zero-order chi connectivity index (χ0) is 31.9. The van der Waals surface area contributed by atoms with Crippen molar-refractivity contribution in [1.29, 1.82) is 0 Å². The molecule has 0 aromatic heterocycles. The van der Waals surface area contributed by atoms with Gasteiger partial charge < -0.3 is 44.9 Å². The lowest BCUT2D eigenvalue weighted by Crippen LogP contribution is -2.71. The molecule has 1 fully saturated rings. The van der Waals surface area contributed by atoms with Crippen LogP contribution in [0.1, 0.15) is 63.1 Å². The second-order valence-corrected chi connectivity index (χ2v) is 11.7. The molecule has 0 unspecified atom stereocenters. The van der Waals surface area contributed by atoms with E-state index in [1.165, 1.54) is 13.8 Å². The molecular formula is C30H40N2O11. The first-order valence-electron chi connectivity index (χ1n) is 14.3. The maximum atomic E-state index is 13.2. The number of carboxylic acids is 1. The molecule has 3 aliphatic rings. The van der Waals surface area contributed by atoms with E-state index in [-0.39, 0.29) is 31.2 Å². The quantitative estimate of drug-likeness (QED) is 0.232. The standard InChI is InChI=1S/C30H40N2O11/c1-15-6-7-19(14-33)24-23(15)29-12-13-32(5)18(4)30(29,40)11-10-21(25(29)43-24)42-27(38)17(3)41-28(39)20(8-9-22(35)36)31-26(37)16(2)34/h6-7,10,16-18,20,25,33-34,40H,8-9,11-14H2,1-5H3,(H,31,37)(H,35,36)/t16-,17-,18+,20-,25-,29-,30+/m0/s1. The lowest BCUT2D eigenvalue weighted by atomic mass is 9.54. The van der Waals surface area contributed by atoms with Crippen LogP contribution >= 0.6 is 0 Å². The zero-order valence-corrected chi connectivity index (χ0v) is 25.0. The maximum Gasteiger partial charge on any atom is 0.352 e. The fraction of sp³-hybridized carbons (Fsp3) is 0.600. The summed E-state index contributed by atoms with van der Waals surface area (Å²) in [6, 6.07) is 1.92. The van der Waals surface area contributed by atoms with Crippen LogP contribution in [0.4, 0.5) is 0 Å². The van der Waals surface area contributed by atoms with Crippen molar-refractivity contribution in [2.75, 3.05) is 13.6 Å². The first-order valence-corrected chi connectivity index (χ1v) is 14.3. The van der Waals surface area contributed by atoms with Crippen LogP contribution in [0.2, 0.25) is 0 Å². The van der Waals surface area contributed by atoms with E-state index in [1.807, 2.05) is 27.0 Å². The van der Waals surface area contributed by atoms with Gasteiger partial charge in [0.1, 0.15) is 23.7 Å². The number of carbonyl (C=O) groups is 4.